The Morgan fingerprint density at radius 1 is 1.03 bits per heavy atom. The topological polar surface area (TPSA) is 74.2 Å². The molecule has 7 nitrogen and oxygen atoms in total. The van der Waals surface area contributed by atoms with Crippen molar-refractivity contribution in [1.82, 2.24) is 10.2 Å². The van der Waals surface area contributed by atoms with Gasteiger partial charge in [-0.05, 0) is 42.8 Å². The summed E-state index contributed by atoms with van der Waals surface area (Å²) in [5.41, 5.74) is 1.18. The third-order valence-electron chi connectivity index (χ3n) is 5.20. The Bertz CT molecular complexity index is 929. The molecule has 0 aromatic heterocycles. The molecule has 1 saturated heterocycles. The number of piperazine rings is 1. The lowest BCUT2D eigenvalue weighted by Gasteiger charge is -2.37. The maximum Gasteiger partial charge on any atom is 0.193 e. The van der Waals surface area contributed by atoms with Crippen molar-refractivity contribution >= 4 is 45.5 Å². The smallest absolute Gasteiger partial charge is 0.193 e. The minimum atomic E-state index is -3.24. The third kappa shape index (κ3) is 6.99. The lowest BCUT2D eigenvalue weighted by atomic mass is 10.2. The second-order valence-electron chi connectivity index (χ2n) is 7.13. The molecule has 1 heterocycles. The Labute approximate surface area is 202 Å². The van der Waals surface area contributed by atoms with Gasteiger partial charge in [0.1, 0.15) is 5.75 Å². The standard InChI is InChI=1S/C22H30N4O3S.HI/c1-23-22(24-13-6-18-30(27,28)21-7-4-3-5-8-21)26-16-14-25(15-17-26)19-9-11-20(29-2)12-10-19;/h3-5,7-12H,6,13-18H2,1-2H3,(H,23,24);1H. The molecule has 0 aliphatic carbocycles. The molecule has 3 rings (SSSR count). The van der Waals surface area contributed by atoms with Crippen molar-refractivity contribution in [3.05, 3.63) is 54.6 Å². The Hall–Kier alpha value is -2.01. The second-order valence-corrected chi connectivity index (χ2v) is 9.24. The molecule has 1 N–H and O–H groups in total. The molecule has 2 aromatic rings. The van der Waals surface area contributed by atoms with Gasteiger partial charge in [0.15, 0.2) is 15.8 Å². The summed E-state index contributed by atoms with van der Waals surface area (Å²) >= 11 is 0. The zero-order valence-corrected chi connectivity index (χ0v) is 21.2. The molecule has 0 unspecified atom stereocenters. The van der Waals surface area contributed by atoms with Crippen LogP contribution >= 0.6 is 24.0 Å². The molecule has 0 spiro atoms. The van der Waals surface area contributed by atoms with Crippen molar-refractivity contribution in [1.29, 1.82) is 0 Å². The van der Waals surface area contributed by atoms with Crippen LogP contribution in [-0.2, 0) is 9.84 Å². The van der Waals surface area contributed by atoms with Crippen molar-refractivity contribution in [2.75, 3.05) is 57.5 Å². The number of guanidine groups is 1. The van der Waals surface area contributed by atoms with Gasteiger partial charge in [0.2, 0.25) is 0 Å². The number of hydrogen-bond donors (Lipinski definition) is 1. The van der Waals surface area contributed by atoms with Gasteiger partial charge in [-0.3, -0.25) is 4.99 Å². The molecule has 1 fully saturated rings. The molecule has 0 amide bonds. The third-order valence-corrected chi connectivity index (χ3v) is 7.02. The number of rotatable bonds is 7. The monoisotopic (exact) mass is 558 g/mol. The minimum Gasteiger partial charge on any atom is -0.497 e. The number of sulfone groups is 1. The fraction of sp³-hybridized carbons (Fsp3) is 0.409. The van der Waals surface area contributed by atoms with Gasteiger partial charge in [-0.25, -0.2) is 8.42 Å². The van der Waals surface area contributed by atoms with Gasteiger partial charge in [-0.1, -0.05) is 18.2 Å². The molecule has 170 valence electrons. The highest BCUT2D eigenvalue weighted by molar-refractivity contribution is 14.0. The Morgan fingerprint density at radius 3 is 2.26 bits per heavy atom. The maximum absolute atomic E-state index is 12.4. The lowest BCUT2D eigenvalue weighted by Crippen LogP contribution is -2.52. The highest BCUT2D eigenvalue weighted by atomic mass is 127. The number of benzene rings is 2. The van der Waals surface area contributed by atoms with Crippen LogP contribution in [0.15, 0.2) is 64.5 Å². The summed E-state index contributed by atoms with van der Waals surface area (Å²) < 4.78 is 30.0. The molecule has 0 radical (unpaired) electrons. The van der Waals surface area contributed by atoms with Crippen molar-refractivity contribution in [2.24, 2.45) is 4.99 Å². The highest BCUT2D eigenvalue weighted by Gasteiger charge is 2.20. The van der Waals surface area contributed by atoms with Crippen LogP contribution in [0.4, 0.5) is 5.69 Å². The SMILES string of the molecule is CN=C(NCCCS(=O)(=O)c1ccccc1)N1CCN(c2ccc(OC)cc2)CC1.I. The molecule has 0 saturated carbocycles. The number of aliphatic imine (C=N–C) groups is 1. The van der Waals surface area contributed by atoms with E-state index in [-0.39, 0.29) is 29.7 Å². The summed E-state index contributed by atoms with van der Waals surface area (Å²) in [5, 5.41) is 3.31. The molecule has 1 aliphatic heterocycles. The van der Waals surface area contributed by atoms with E-state index in [9.17, 15) is 8.42 Å². The molecular weight excluding hydrogens is 527 g/mol. The summed E-state index contributed by atoms with van der Waals surface area (Å²) in [6.07, 6.45) is 0.530. The van der Waals surface area contributed by atoms with E-state index in [1.165, 1.54) is 5.69 Å². The first-order valence-corrected chi connectivity index (χ1v) is 11.8. The first-order valence-electron chi connectivity index (χ1n) is 10.2. The number of ether oxygens (including phenoxy) is 1. The molecule has 0 atom stereocenters. The fourth-order valence-electron chi connectivity index (χ4n) is 3.51. The Kier molecular flexibility index (Phi) is 9.89. The van der Waals surface area contributed by atoms with Crippen molar-refractivity contribution in [3.8, 4) is 5.75 Å². The number of halogens is 1. The zero-order chi connectivity index (χ0) is 21.4. The van der Waals surface area contributed by atoms with Crippen molar-refractivity contribution in [2.45, 2.75) is 11.3 Å². The van der Waals surface area contributed by atoms with Crippen LogP contribution in [0.3, 0.4) is 0 Å². The fourth-order valence-corrected chi connectivity index (χ4v) is 4.84. The first kappa shape index (κ1) is 25.3. The normalized spacial score (nSPS) is 14.7. The van der Waals surface area contributed by atoms with Crippen LogP contribution in [-0.4, -0.2) is 71.9 Å². The predicted molar refractivity (Wildman–Crippen MR) is 137 cm³/mol. The maximum atomic E-state index is 12.4. The number of nitrogens with zero attached hydrogens (tertiary/aromatic N) is 3. The molecule has 31 heavy (non-hydrogen) atoms. The van der Waals surface area contributed by atoms with Crippen LogP contribution in [0.5, 0.6) is 5.75 Å². The van der Waals surface area contributed by atoms with E-state index in [1.807, 2.05) is 18.2 Å². The molecule has 2 aromatic carbocycles. The molecule has 1 aliphatic rings. The van der Waals surface area contributed by atoms with Gasteiger partial charge in [0, 0.05) is 45.5 Å². The van der Waals surface area contributed by atoms with E-state index in [0.717, 1.165) is 37.9 Å². The Balaban J connectivity index is 0.00000341. The van der Waals surface area contributed by atoms with Crippen LogP contribution in [0, 0.1) is 0 Å². The number of methoxy groups -OCH3 is 1. The van der Waals surface area contributed by atoms with Crippen LogP contribution in [0.1, 0.15) is 6.42 Å². The second kappa shape index (κ2) is 12.1. The van der Waals surface area contributed by atoms with Gasteiger partial charge in [-0.2, -0.15) is 0 Å². The van der Waals surface area contributed by atoms with E-state index >= 15 is 0 Å². The first-order chi connectivity index (χ1) is 14.5. The predicted octanol–water partition coefficient (Wildman–Crippen LogP) is 2.87. The van der Waals surface area contributed by atoms with E-state index in [2.05, 4.69) is 32.2 Å². The van der Waals surface area contributed by atoms with Gasteiger partial charge in [0.05, 0.1) is 17.8 Å². The van der Waals surface area contributed by atoms with E-state index in [4.69, 9.17) is 4.74 Å². The average molecular weight is 558 g/mol. The summed E-state index contributed by atoms with van der Waals surface area (Å²) in [6, 6.07) is 16.7. The summed E-state index contributed by atoms with van der Waals surface area (Å²) in [5.74, 6) is 1.80. The van der Waals surface area contributed by atoms with Crippen LogP contribution < -0.4 is 15.0 Å². The zero-order valence-electron chi connectivity index (χ0n) is 18.0. The van der Waals surface area contributed by atoms with E-state index < -0.39 is 9.84 Å². The summed E-state index contributed by atoms with van der Waals surface area (Å²) in [6.45, 7) is 4.07. The molecular formula is C22H31IN4O3S. The van der Waals surface area contributed by atoms with E-state index in [0.29, 0.717) is 17.9 Å². The van der Waals surface area contributed by atoms with Gasteiger partial charge in [0.25, 0.3) is 0 Å². The number of anilines is 1. The van der Waals surface area contributed by atoms with Crippen LogP contribution in [0.2, 0.25) is 0 Å². The van der Waals surface area contributed by atoms with E-state index in [1.54, 1.807) is 38.4 Å². The average Bonchev–Trinajstić information content (AvgIpc) is 2.80. The van der Waals surface area contributed by atoms with Crippen LogP contribution in [0.25, 0.3) is 0 Å². The van der Waals surface area contributed by atoms with Gasteiger partial charge >= 0.3 is 0 Å². The molecule has 0 bridgehead atoms. The largest absolute Gasteiger partial charge is 0.497 e. The quantitative estimate of drug-likeness (QED) is 0.244. The van der Waals surface area contributed by atoms with Gasteiger partial charge < -0.3 is 19.9 Å². The molecule has 9 heteroatoms. The Morgan fingerprint density at radius 2 is 1.68 bits per heavy atom. The lowest BCUT2D eigenvalue weighted by molar-refractivity contribution is 0.372. The number of hydrogen-bond acceptors (Lipinski definition) is 5. The number of nitrogens with one attached hydrogen (secondary N) is 1. The highest BCUT2D eigenvalue weighted by Crippen LogP contribution is 2.20. The minimum absolute atomic E-state index is 0. The van der Waals surface area contributed by atoms with Gasteiger partial charge in [-0.15, -0.1) is 24.0 Å². The summed E-state index contributed by atoms with van der Waals surface area (Å²) in [4.78, 5) is 9.31. The summed E-state index contributed by atoms with van der Waals surface area (Å²) in [7, 11) is 0.191. The van der Waals surface area contributed by atoms with Crippen molar-refractivity contribution < 1.29 is 13.2 Å². The van der Waals surface area contributed by atoms with Crippen molar-refractivity contribution in [3.63, 3.8) is 0 Å².